The summed E-state index contributed by atoms with van der Waals surface area (Å²) in [6, 6.07) is 0.111. The molecule has 1 heterocycles. The lowest BCUT2D eigenvalue weighted by molar-refractivity contribution is -0.117. The molecular formula is C8H15N3O. The molecule has 0 aliphatic carbocycles. The molecule has 0 aromatic rings. The molecule has 0 saturated carbocycles. The first-order valence-corrected chi connectivity index (χ1v) is 4.00. The van der Waals surface area contributed by atoms with E-state index < -0.39 is 0 Å². The van der Waals surface area contributed by atoms with E-state index in [4.69, 9.17) is 5.73 Å². The molecule has 0 spiro atoms. The number of hydrogen-bond acceptors (Lipinski definition) is 3. The number of nitrogens with zero attached hydrogens (tertiary/aromatic N) is 1. The summed E-state index contributed by atoms with van der Waals surface area (Å²) < 4.78 is 0. The smallest absolute Gasteiger partial charge is 0.243 e. The predicted octanol–water partition coefficient (Wildman–Crippen LogP) is -1.07. The number of rotatable bonds is 2. The third kappa shape index (κ3) is 2.06. The SMILES string of the molecule is C=CC(=O)N[C@@H]1CN(C)C[C@@H]1N. The molecule has 0 aromatic heterocycles. The van der Waals surface area contributed by atoms with Gasteiger partial charge >= 0.3 is 0 Å². The molecule has 1 aliphatic rings. The van der Waals surface area contributed by atoms with Crippen LogP contribution < -0.4 is 11.1 Å². The lowest BCUT2D eigenvalue weighted by Crippen LogP contribution is -2.46. The molecule has 3 N–H and O–H groups in total. The quantitative estimate of drug-likeness (QED) is 0.517. The van der Waals surface area contributed by atoms with Crippen LogP contribution in [0.5, 0.6) is 0 Å². The van der Waals surface area contributed by atoms with Crippen LogP contribution in [0, 0.1) is 0 Å². The molecule has 1 rings (SSSR count). The van der Waals surface area contributed by atoms with Gasteiger partial charge in [-0.25, -0.2) is 0 Å². The van der Waals surface area contributed by atoms with Gasteiger partial charge in [-0.05, 0) is 13.1 Å². The largest absolute Gasteiger partial charge is 0.347 e. The minimum absolute atomic E-state index is 0.0406. The standard InChI is InChI=1S/C8H15N3O/c1-3-8(12)10-7-5-11(2)4-6(7)9/h3,6-7H,1,4-5,9H2,2H3,(H,10,12)/t6-,7+/m0/s1. The van der Waals surface area contributed by atoms with Gasteiger partial charge in [0.15, 0.2) is 0 Å². The fourth-order valence-corrected chi connectivity index (χ4v) is 1.43. The highest BCUT2D eigenvalue weighted by molar-refractivity contribution is 5.87. The van der Waals surface area contributed by atoms with Crippen LogP contribution in [0.4, 0.5) is 0 Å². The lowest BCUT2D eigenvalue weighted by Gasteiger charge is -2.14. The number of hydrogen-bond donors (Lipinski definition) is 2. The van der Waals surface area contributed by atoms with Crippen LogP contribution in [-0.4, -0.2) is 43.0 Å². The second-order valence-electron chi connectivity index (χ2n) is 3.20. The molecule has 4 nitrogen and oxygen atoms in total. The summed E-state index contributed by atoms with van der Waals surface area (Å²) in [6.45, 7) is 5.04. The molecule has 1 aliphatic heterocycles. The van der Waals surface area contributed by atoms with E-state index in [9.17, 15) is 4.79 Å². The zero-order chi connectivity index (χ0) is 9.14. The first-order valence-electron chi connectivity index (χ1n) is 4.00. The van der Waals surface area contributed by atoms with Gasteiger partial charge in [0, 0.05) is 19.1 Å². The topological polar surface area (TPSA) is 58.4 Å². The van der Waals surface area contributed by atoms with Crippen LogP contribution in [0.1, 0.15) is 0 Å². The molecule has 1 saturated heterocycles. The number of nitrogens with one attached hydrogen (secondary N) is 1. The maximum Gasteiger partial charge on any atom is 0.243 e. The monoisotopic (exact) mass is 169 g/mol. The minimum atomic E-state index is -0.147. The lowest BCUT2D eigenvalue weighted by atomic mass is 10.2. The zero-order valence-corrected chi connectivity index (χ0v) is 7.29. The van der Waals surface area contributed by atoms with Gasteiger partial charge in [0.2, 0.25) is 5.91 Å². The van der Waals surface area contributed by atoms with Crippen molar-refractivity contribution in [3.05, 3.63) is 12.7 Å². The van der Waals surface area contributed by atoms with E-state index in [-0.39, 0.29) is 18.0 Å². The Morgan fingerprint density at radius 2 is 2.42 bits per heavy atom. The fraction of sp³-hybridized carbons (Fsp3) is 0.625. The van der Waals surface area contributed by atoms with E-state index >= 15 is 0 Å². The number of carbonyl (C=O) groups excluding carboxylic acids is 1. The normalized spacial score (nSPS) is 30.2. The van der Waals surface area contributed by atoms with Crippen molar-refractivity contribution in [1.29, 1.82) is 0 Å². The van der Waals surface area contributed by atoms with E-state index in [2.05, 4.69) is 16.8 Å². The van der Waals surface area contributed by atoms with Crippen LogP contribution >= 0.6 is 0 Å². The molecule has 0 unspecified atom stereocenters. The van der Waals surface area contributed by atoms with Crippen molar-refractivity contribution in [3.8, 4) is 0 Å². The average molecular weight is 169 g/mol. The Hall–Kier alpha value is -0.870. The maximum absolute atomic E-state index is 10.9. The average Bonchev–Trinajstić information content (AvgIpc) is 2.30. The van der Waals surface area contributed by atoms with E-state index in [1.807, 2.05) is 7.05 Å². The van der Waals surface area contributed by atoms with Gasteiger partial charge < -0.3 is 16.0 Å². The first kappa shape index (κ1) is 9.22. The molecule has 2 atom stereocenters. The van der Waals surface area contributed by atoms with Crippen molar-refractivity contribution in [3.63, 3.8) is 0 Å². The van der Waals surface area contributed by atoms with Gasteiger partial charge in [0.1, 0.15) is 0 Å². The number of nitrogens with two attached hydrogens (primary N) is 1. The molecule has 4 heteroatoms. The van der Waals surface area contributed by atoms with E-state index in [1.165, 1.54) is 6.08 Å². The van der Waals surface area contributed by atoms with E-state index in [0.29, 0.717) is 0 Å². The molecule has 68 valence electrons. The summed E-state index contributed by atoms with van der Waals surface area (Å²) in [5.74, 6) is -0.147. The van der Waals surface area contributed by atoms with Crippen molar-refractivity contribution in [2.45, 2.75) is 12.1 Å². The highest BCUT2D eigenvalue weighted by Crippen LogP contribution is 2.04. The molecule has 12 heavy (non-hydrogen) atoms. The predicted molar refractivity (Wildman–Crippen MR) is 47.6 cm³/mol. The van der Waals surface area contributed by atoms with Crippen LogP contribution in [-0.2, 0) is 4.79 Å². The van der Waals surface area contributed by atoms with Gasteiger partial charge in [-0.2, -0.15) is 0 Å². The Labute approximate surface area is 72.4 Å². The summed E-state index contributed by atoms with van der Waals surface area (Å²) in [7, 11) is 1.99. The summed E-state index contributed by atoms with van der Waals surface area (Å²) in [4.78, 5) is 13.0. The highest BCUT2D eigenvalue weighted by atomic mass is 16.1. The first-order chi connectivity index (χ1) is 5.63. The summed E-state index contributed by atoms with van der Waals surface area (Å²) in [5.41, 5.74) is 5.78. The van der Waals surface area contributed by atoms with Gasteiger partial charge in [0.05, 0.1) is 6.04 Å². The molecule has 0 aromatic carbocycles. The second-order valence-corrected chi connectivity index (χ2v) is 3.20. The van der Waals surface area contributed by atoms with Crippen molar-refractivity contribution >= 4 is 5.91 Å². The summed E-state index contributed by atoms with van der Waals surface area (Å²) in [6.07, 6.45) is 1.27. The third-order valence-electron chi connectivity index (χ3n) is 2.06. The molecular weight excluding hydrogens is 154 g/mol. The van der Waals surface area contributed by atoms with Gasteiger partial charge in [-0.1, -0.05) is 6.58 Å². The van der Waals surface area contributed by atoms with Gasteiger partial charge in [-0.3, -0.25) is 4.79 Å². The van der Waals surface area contributed by atoms with Crippen molar-refractivity contribution in [2.24, 2.45) is 5.73 Å². The number of carbonyl (C=O) groups is 1. The van der Waals surface area contributed by atoms with Crippen LogP contribution in [0.15, 0.2) is 12.7 Å². The zero-order valence-electron chi connectivity index (χ0n) is 7.29. The number of amides is 1. The Kier molecular flexibility index (Phi) is 2.83. The molecule has 1 amide bonds. The summed E-state index contributed by atoms with van der Waals surface area (Å²) >= 11 is 0. The van der Waals surface area contributed by atoms with Crippen molar-refractivity contribution in [2.75, 3.05) is 20.1 Å². The molecule has 1 fully saturated rings. The molecule has 0 bridgehead atoms. The maximum atomic E-state index is 10.9. The third-order valence-corrected chi connectivity index (χ3v) is 2.06. The van der Waals surface area contributed by atoms with Crippen LogP contribution in [0.2, 0.25) is 0 Å². The van der Waals surface area contributed by atoms with E-state index in [0.717, 1.165) is 13.1 Å². The Balaban J connectivity index is 2.42. The van der Waals surface area contributed by atoms with Crippen molar-refractivity contribution < 1.29 is 4.79 Å². The van der Waals surface area contributed by atoms with Crippen LogP contribution in [0.3, 0.4) is 0 Å². The summed E-state index contributed by atoms with van der Waals surface area (Å²) in [5, 5.41) is 2.79. The second kappa shape index (κ2) is 3.69. The van der Waals surface area contributed by atoms with Crippen LogP contribution in [0.25, 0.3) is 0 Å². The number of likely N-dealkylation sites (N-methyl/N-ethyl adjacent to an activating group) is 1. The Morgan fingerprint density at radius 1 is 1.75 bits per heavy atom. The van der Waals surface area contributed by atoms with Gasteiger partial charge in [-0.15, -0.1) is 0 Å². The highest BCUT2D eigenvalue weighted by Gasteiger charge is 2.28. The van der Waals surface area contributed by atoms with Crippen molar-refractivity contribution in [1.82, 2.24) is 10.2 Å². The Morgan fingerprint density at radius 3 is 2.83 bits per heavy atom. The van der Waals surface area contributed by atoms with Gasteiger partial charge in [0.25, 0.3) is 0 Å². The molecule has 0 radical (unpaired) electrons. The van der Waals surface area contributed by atoms with E-state index in [1.54, 1.807) is 0 Å². The Bertz CT molecular complexity index is 193. The fourth-order valence-electron chi connectivity index (χ4n) is 1.43. The number of likely N-dealkylation sites (tertiary alicyclic amines) is 1. The minimum Gasteiger partial charge on any atom is -0.347 e.